The lowest BCUT2D eigenvalue weighted by molar-refractivity contribution is 0.385. The van der Waals surface area contributed by atoms with Crippen molar-refractivity contribution < 1.29 is 9.13 Å². The molecule has 0 fully saturated rings. The molecule has 3 N–H and O–H groups in total. The summed E-state index contributed by atoms with van der Waals surface area (Å²) in [4.78, 5) is 13.3. The van der Waals surface area contributed by atoms with Crippen molar-refractivity contribution in [2.75, 3.05) is 7.11 Å². The van der Waals surface area contributed by atoms with Crippen molar-refractivity contribution >= 4 is 0 Å². The maximum Gasteiger partial charge on any atom is 0.340 e. The Kier molecular flexibility index (Phi) is 3.73. The number of ether oxygens (including phenoxy) is 1. The van der Waals surface area contributed by atoms with E-state index in [1.54, 1.807) is 12.1 Å². The number of hydrogen-bond acceptors (Lipinski definition) is 4. The molecule has 18 heavy (non-hydrogen) atoms. The van der Waals surface area contributed by atoms with E-state index in [9.17, 15) is 9.18 Å². The van der Waals surface area contributed by atoms with Crippen LogP contribution in [0.5, 0.6) is 5.75 Å². The summed E-state index contributed by atoms with van der Waals surface area (Å²) in [5.41, 5.74) is 0.543. The van der Waals surface area contributed by atoms with Crippen LogP contribution in [0.25, 0.3) is 0 Å². The van der Waals surface area contributed by atoms with Gasteiger partial charge >= 0.3 is 5.69 Å². The van der Waals surface area contributed by atoms with E-state index in [-0.39, 0.29) is 11.4 Å². The fraction of sp³-hybridized carbons (Fsp3) is 0.273. The summed E-state index contributed by atoms with van der Waals surface area (Å²) in [5, 5.41) is 9.10. The average molecular weight is 252 g/mol. The smallest absolute Gasteiger partial charge is 0.340 e. The Bertz CT molecular complexity index is 578. The van der Waals surface area contributed by atoms with Gasteiger partial charge in [0.1, 0.15) is 5.82 Å². The summed E-state index contributed by atoms with van der Waals surface area (Å²) >= 11 is 0. The fourth-order valence-corrected chi connectivity index (χ4v) is 1.53. The number of aromatic nitrogens is 3. The van der Waals surface area contributed by atoms with E-state index in [2.05, 4.69) is 20.5 Å². The lowest BCUT2D eigenvalue weighted by Crippen LogP contribution is -2.14. The summed E-state index contributed by atoms with van der Waals surface area (Å²) in [5.74, 6) is 0.342. The molecule has 0 atom stereocenters. The molecular formula is C11H13FN4O2. The van der Waals surface area contributed by atoms with Gasteiger partial charge in [0.25, 0.3) is 0 Å². The van der Waals surface area contributed by atoms with Gasteiger partial charge in [0.2, 0.25) is 0 Å². The molecule has 0 aliphatic rings. The van der Waals surface area contributed by atoms with Gasteiger partial charge in [-0.25, -0.2) is 14.3 Å². The van der Waals surface area contributed by atoms with E-state index in [1.165, 1.54) is 13.2 Å². The zero-order valence-electron chi connectivity index (χ0n) is 9.79. The number of aromatic amines is 2. The van der Waals surface area contributed by atoms with Crippen LogP contribution in [0.2, 0.25) is 0 Å². The molecule has 1 aromatic carbocycles. The fourth-order valence-electron chi connectivity index (χ4n) is 1.53. The highest BCUT2D eigenvalue weighted by Gasteiger charge is 2.03. The molecule has 0 spiro atoms. The van der Waals surface area contributed by atoms with Crippen molar-refractivity contribution in [3.63, 3.8) is 0 Å². The predicted octanol–water partition coefficient (Wildman–Crippen LogP) is 0.535. The number of nitrogens with one attached hydrogen (secondary N) is 3. The van der Waals surface area contributed by atoms with Crippen LogP contribution in [-0.2, 0) is 13.1 Å². The molecule has 0 aliphatic heterocycles. The van der Waals surface area contributed by atoms with Gasteiger partial charge in [-0.2, -0.15) is 5.10 Å². The Morgan fingerprint density at radius 2 is 2.28 bits per heavy atom. The van der Waals surface area contributed by atoms with Crippen LogP contribution in [0, 0.1) is 5.82 Å². The van der Waals surface area contributed by atoms with Crippen LogP contribution < -0.4 is 15.7 Å². The molecule has 6 nitrogen and oxygen atoms in total. The Labute approximate surface area is 102 Å². The largest absolute Gasteiger partial charge is 0.494 e. The number of H-pyrrole nitrogens is 2. The Balaban J connectivity index is 1.92. The van der Waals surface area contributed by atoms with Crippen molar-refractivity contribution in [3.05, 3.63) is 45.9 Å². The highest BCUT2D eigenvalue weighted by Crippen LogP contribution is 2.17. The van der Waals surface area contributed by atoms with E-state index >= 15 is 0 Å². The van der Waals surface area contributed by atoms with E-state index < -0.39 is 5.82 Å². The predicted molar refractivity (Wildman–Crippen MR) is 62.7 cm³/mol. The third-order valence-electron chi connectivity index (χ3n) is 2.39. The van der Waals surface area contributed by atoms with Gasteiger partial charge in [0.05, 0.1) is 13.7 Å². The number of benzene rings is 1. The molecular weight excluding hydrogens is 239 g/mol. The Morgan fingerprint density at radius 3 is 2.94 bits per heavy atom. The molecule has 0 saturated heterocycles. The third-order valence-corrected chi connectivity index (χ3v) is 2.39. The van der Waals surface area contributed by atoms with Crippen molar-refractivity contribution in [3.8, 4) is 5.75 Å². The first-order valence-corrected chi connectivity index (χ1v) is 5.35. The van der Waals surface area contributed by atoms with E-state index in [4.69, 9.17) is 4.74 Å². The first kappa shape index (κ1) is 12.3. The highest BCUT2D eigenvalue weighted by molar-refractivity contribution is 5.30. The molecule has 0 radical (unpaired) electrons. The minimum Gasteiger partial charge on any atom is -0.494 e. The zero-order chi connectivity index (χ0) is 13.0. The molecule has 0 bridgehead atoms. The second-order valence-electron chi connectivity index (χ2n) is 3.70. The normalized spacial score (nSPS) is 10.6. The molecule has 2 aromatic rings. The van der Waals surface area contributed by atoms with E-state index in [0.717, 1.165) is 5.56 Å². The number of rotatable bonds is 5. The van der Waals surface area contributed by atoms with Gasteiger partial charge in [0.15, 0.2) is 11.6 Å². The average Bonchev–Trinajstić information content (AvgIpc) is 2.77. The third kappa shape index (κ3) is 2.95. The van der Waals surface area contributed by atoms with Crippen LogP contribution in [0.4, 0.5) is 4.39 Å². The van der Waals surface area contributed by atoms with E-state index in [0.29, 0.717) is 18.9 Å². The lowest BCUT2D eigenvalue weighted by Gasteiger charge is -2.06. The number of hydrogen-bond donors (Lipinski definition) is 3. The van der Waals surface area contributed by atoms with Gasteiger partial charge in [0, 0.05) is 6.54 Å². The summed E-state index contributed by atoms with van der Waals surface area (Å²) in [7, 11) is 1.42. The molecule has 0 saturated carbocycles. The van der Waals surface area contributed by atoms with E-state index in [1.807, 2.05) is 0 Å². The minimum atomic E-state index is -0.391. The maximum absolute atomic E-state index is 13.2. The molecule has 2 rings (SSSR count). The van der Waals surface area contributed by atoms with Gasteiger partial charge in [-0.3, -0.25) is 4.98 Å². The molecule has 0 unspecified atom stereocenters. The maximum atomic E-state index is 13.2. The van der Waals surface area contributed by atoms with Crippen molar-refractivity contribution in [2.45, 2.75) is 13.1 Å². The number of methoxy groups -OCH3 is 1. The topological polar surface area (TPSA) is 82.8 Å². The van der Waals surface area contributed by atoms with Crippen LogP contribution in [0.15, 0.2) is 23.0 Å². The molecule has 0 aliphatic carbocycles. The standard InChI is InChI=1S/C11H13FN4O2/c1-18-9-4-7(2-3-8(9)12)5-13-6-10-14-11(17)16-15-10/h2-4,13H,5-6H2,1H3,(H2,14,15,16,17). The van der Waals surface area contributed by atoms with Crippen LogP contribution in [-0.4, -0.2) is 22.3 Å². The van der Waals surface area contributed by atoms with Gasteiger partial charge < -0.3 is 10.1 Å². The van der Waals surface area contributed by atoms with Crippen molar-refractivity contribution in [2.24, 2.45) is 0 Å². The van der Waals surface area contributed by atoms with Crippen LogP contribution >= 0.6 is 0 Å². The van der Waals surface area contributed by atoms with Crippen molar-refractivity contribution in [1.29, 1.82) is 0 Å². The number of nitrogens with zero attached hydrogens (tertiary/aromatic N) is 1. The Hall–Kier alpha value is -2.15. The molecule has 7 heteroatoms. The van der Waals surface area contributed by atoms with Crippen LogP contribution in [0.1, 0.15) is 11.4 Å². The van der Waals surface area contributed by atoms with Gasteiger partial charge in [-0.15, -0.1) is 0 Å². The summed E-state index contributed by atoms with van der Waals surface area (Å²) in [6.45, 7) is 0.934. The molecule has 0 amide bonds. The van der Waals surface area contributed by atoms with Crippen molar-refractivity contribution in [1.82, 2.24) is 20.5 Å². The minimum absolute atomic E-state index is 0.211. The Morgan fingerprint density at radius 1 is 1.44 bits per heavy atom. The molecule has 96 valence electrons. The van der Waals surface area contributed by atoms with Gasteiger partial charge in [-0.05, 0) is 17.7 Å². The number of halogens is 1. The summed E-state index contributed by atoms with van der Waals surface area (Å²) in [6.07, 6.45) is 0. The first-order chi connectivity index (χ1) is 8.69. The monoisotopic (exact) mass is 252 g/mol. The molecule has 1 heterocycles. The summed E-state index contributed by atoms with van der Waals surface area (Å²) in [6, 6.07) is 4.64. The van der Waals surface area contributed by atoms with Crippen LogP contribution in [0.3, 0.4) is 0 Å². The first-order valence-electron chi connectivity index (χ1n) is 5.35. The highest BCUT2D eigenvalue weighted by atomic mass is 19.1. The zero-order valence-corrected chi connectivity index (χ0v) is 9.79. The quantitative estimate of drug-likeness (QED) is 0.725. The molecule has 1 aromatic heterocycles. The van der Waals surface area contributed by atoms with Gasteiger partial charge in [-0.1, -0.05) is 6.07 Å². The summed E-state index contributed by atoms with van der Waals surface area (Å²) < 4.78 is 18.0. The lowest BCUT2D eigenvalue weighted by atomic mass is 10.2. The second-order valence-corrected chi connectivity index (χ2v) is 3.70. The SMILES string of the molecule is COc1cc(CNCc2n[nH]c(=O)[nH]2)ccc1F. The second kappa shape index (κ2) is 5.46.